The van der Waals surface area contributed by atoms with Crippen molar-refractivity contribution < 1.29 is 4.74 Å². The number of hydrogen-bond donors (Lipinski definition) is 2. The summed E-state index contributed by atoms with van der Waals surface area (Å²) in [6.45, 7) is 13.9. The summed E-state index contributed by atoms with van der Waals surface area (Å²) >= 11 is 0. The second kappa shape index (κ2) is 11.6. The van der Waals surface area contributed by atoms with E-state index in [0.717, 1.165) is 64.9 Å². The monoisotopic (exact) mass is 327 g/mol. The fourth-order valence-electron chi connectivity index (χ4n) is 2.50. The first-order valence-corrected chi connectivity index (χ1v) is 9.01. The molecule has 6 heteroatoms. The van der Waals surface area contributed by atoms with Crippen LogP contribution in [-0.4, -0.2) is 88.4 Å². The normalized spacial score (nSPS) is 21.0. The first-order valence-electron chi connectivity index (χ1n) is 9.01. The lowest BCUT2D eigenvalue weighted by molar-refractivity contribution is 0.119. The first kappa shape index (κ1) is 20.2. The van der Waals surface area contributed by atoms with Gasteiger partial charge < -0.3 is 20.3 Å². The fourth-order valence-corrected chi connectivity index (χ4v) is 2.50. The van der Waals surface area contributed by atoms with Crippen LogP contribution in [0.4, 0.5) is 0 Å². The number of guanidine groups is 1. The number of rotatable bonds is 9. The number of hydrogen-bond acceptors (Lipinski definition) is 4. The van der Waals surface area contributed by atoms with Gasteiger partial charge in [-0.05, 0) is 33.4 Å². The van der Waals surface area contributed by atoms with Crippen LogP contribution in [0.25, 0.3) is 0 Å². The number of nitrogens with one attached hydrogen (secondary N) is 2. The molecule has 0 radical (unpaired) electrons. The third-order valence-electron chi connectivity index (χ3n) is 4.16. The van der Waals surface area contributed by atoms with Gasteiger partial charge >= 0.3 is 0 Å². The van der Waals surface area contributed by atoms with E-state index in [1.54, 1.807) is 0 Å². The lowest BCUT2D eigenvalue weighted by atomic mass is 10.1. The van der Waals surface area contributed by atoms with Gasteiger partial charge in [-0.2, -0.15) is 0 Å². The van der Waals surface area contributed by atoms with E-state index < -0.39 is 0 Å². The molecule has 0 saturated carbocycles. The topological polar surface area (TPSA) is 52.1 Å². The summed E-state index contributed by atoms with van der Waals surface area (Å²) in [4.78, 5) is 9.52. The van der Waals surface area contributed by atoms with Gasteiger partial charge in [0.15, 0.2) is 5.96 Å². The number of likely N-dealkylation sites (N-methyl/N-ethyl adjacent to an activating group) is 2. The van der Waals surface area contributed by atoms with E-state index in [1.165, 1.54) is 0 Å². The van der Waals surface area contributed by atoms with Crippen LogP contribution in [0.3, 0.4) is 0 Å². The maximum atomic E-state index is 5.64. The molecule has 1 saturated heterocycles. The predicted molar refractivity (Wildman–Crippen MR) is 98.2 cm³/mol. The Kier molecular flexibility index (Phi) is 10.2. The highest BCUT2D eigenvalue weighted by atomic mass is 16.5. The Bertz CT molecular complexity index is 335. The van der Waals surface area contributed by atoms with E-state index in [-0.39, 0.29) is 0 Å². The Balaban J connectivity index is 2.29. The van der Waals surface area contributed by atoms with Crippen molar-refractivity contribution >= 4 is 5.96 Å². The van der Waals surface area contributed by atoms with Crippen LogP contribution < -0.4 is 10.6 Å². The van der Waals surface area contributed by atoms with Crippen molar-refractivity contribution in [3.8, 4) is 0 Å². The molecule has 6 nitrogen and oxygen atoms in total. The number of nitrogens with zero attached hydrogens (tertiary/aromatic N) is 3. The van der Waals surface area contributed by atoms with Crippen LogP contribution in [0.5, 0.6) is 0 Å². The SMILES string of the molecule is CCNC(=NCC1CN(C)CCN1C)NCCOCCC(C)C. The first-order chi connectivity index (χ1) is 11.0. The van der Waals surface area contributed by atoms with Crippen molar-refractivity contribution in [1.29, 1.82) is 0 Å². The summed E-state index contributed by atoms with van der Waals surface area (Å²) in [6, 6.07) is 0.492. The van der Waals surface area contributed by atoms with Gasteiger partial charge in [-0.3, -0.25) is 9.89 Å². The lowest BCUT2D eigenvalue weighted by Gasteiger charge is -2.36. The molecular weight excluding hydrogens is 290 g/mol. The summed E-state index contributed by atoms with van der Waals surface area (Å²) in [6.07, 6.45) is 1.12. The van der Waals surface area contributed by atoms with Gasteiger partial charge in [0.05, 0.1) is 13.2 Å². The Morgan fingerprint density at radius 3 is 2.70 bits per heavy atom. The molecule has 136 valence electrons. The second-order valence-corrected chi connectivity index (χ2v) is 6.84. The van der Waals surface area contributed by atoms with E-state index in [1.807, 2.05) is 0 Å². The van der Waals surface area contributed by atoms with E-state index in [4.69, 9.17) is 9.73 Å². The average molecular weight is 328 g/mol. The molecule has 0 aromatic carbocycles. The molecule has 1 fully saturated rings. The fraction of sp³-hybridized carbons (Fsp3) is 0.941. The van der Waals surface area contributed by atoms with Gasteiger partial charge in [-0.25, -0.2) is 0 Å². The van der Waals surface area contributed by atoms with E-state index >= 15 is 0 Å². The van der Waals surface area contributed by atoms with Gasteiger partial charge in [0, 0.05) is 45.4 Å². The van der Waals surface area contributed by atoms with Crippen LogP contribution in [-0.2, 0) is 4.74 Å². The predicted octanol–water partition coefficient (Wildman–Crippen LogP) is 0.850. The average Bonchev–Trinajstić information content (AvgIpc) is 2.50. The zero-order valence-corrected chi connectivity index (χ0v) is 15.8. The third-order valence-corrected chi connectivity index (χ3v) is 4.16. The molecule has 0 aliphatic carbocycles. The van der Waals surface area contributed by atoms with Crippen molar-refractivity contribution in [3.05, 3.63) is 0 Å². The van der Waals surface area contributed by atoms with Gasteiger partial charge in [-0.15, -0.1) is 0 Å². The molecule has 1 unspecified atom stereocenters. The minimum atomic E-state index is 0.492. The van der Waals surface area contributed by atoms with Gasteiger partial charge in [0.2, 0.25) is 0 Å². The zero-order chi connectivity index (χ0) is 17.1. The summed E-state index contributed by atoms with van der Waals surface area (Å²) < 4.78 is 5.64. The highest BCUT2D eigenvalue weighted by Gasteiger charge is 2.21. The van der Waals surface area contributed by atoms with Crippen LogP contribution in [0, 0.1) is 5.92 Å². The summed E-state index contributed by atoms with van der Waals surface area (Å²) in [5, 5.41) is 6.66. The molecule has 0 spiro atoms. The van der Waals surface area contributed by atoms with Crippen LogP contribution in [0.1, 0.15) is 27.2 Å². The van der Waals surface area contributed by atoms with E-state index in [2.05, 4.69) is 55.3 Å². The second-order valence-electron chi connectivity index (χ2n) is 6.84. The quantitative estimate of drug-likeness (QED) is 0.374. The number of piperazine rings is 1. The zero-order valence-electron chi connectivity index (χ0n) is 15.8. The third kappa shape index (κ3) is 9.13. The Hall–Kier alpha value is -0.850. The van der Waals surface area contributed by atoms with Crippen LogP contribution >= 0.6 is 0 Å². The van der Waals surface area contributed by atoms with Crippen molar-refractivity contribution in [2.45, 2.75) is 33.2 Å². The molecule has 1 aliphatic rings. The van der Waals surface area contributed by atoms with Crippen LogP contribution in [0.2, 0.25) is 0 Å². The molecule has 0 aromatic heterocycles. The van der Waals surface area contributed by atoms with E-state index in [9.17, 15) is 0 Å². The molecule has 1 aliphatic heterocycles. The molecule has 0 aromatic rings. The van der Waals surface area contributed by atoms with Crippen molar-refractivity contribution in [3.63, 3.8) is 0 Å². The number of aliphatic imine (C=N–C) groups is 1. The van der Waals surface area contributed by atoms with Crippen LogP contribution in [0.15, 0.2) is 4.99 Å². The maximum absolute atomic E-state index is 5.64. The highest BCUT2D eigenvalue weighted by molar-refractivity contribution is 5.79. The molecule has 1 rings (SSSR count). The Morgan fingerprint density at radius 1 is 1.22 bits per heavy atom. The van der Waals surface area contributed by atoms with Crippen molar-refractivity contribution in [1.82, 2.24) is 20.4 Å². The Labute approximate surface area is 142 Å². The molecule has 0 amide bonds. The molecule has 1 atom stereocenters. The highest BCUT2D eigenvalue weighted by Crippen LogP contribution is 2.06. The minimum Gasteiger partial charge on any atom is -0.380 e. The lowest BCUT2D eigenvalue weighted by Crippen LogP contribution is -2.51. The van der Waals surface area contributed by atoms with Crippen molar-refractivity contribution in [2.24, 2.45) is 10.9 Å². The molecule has 1 heterocycles. The Morgan fingerprint density at radius 2 is 2.00 bits per heavy atom. The number of ether oxygens (including phenoxy) is 1. The summed E-state index contributed by atoms with van der Waals surface area (Å²) in [7, 11) is 4.37. The minimum absolute atomic E-state index is 0.492. The molecule has 23 heavy (non-hydrogen) atoms. The summed E-state index contributed by atoms with van der Waals surface area (Å²) in [5.41, 5.74) is 0. The van der Waals surface area contributed by atoms with Gasteiger partial charge in [0.1, 0.15) is 0 Å². The molecule has 2 N–H and O–H groups in total. The van der Waals surface area contributed by atoms with Gasteiger partial charge in [-0.1, -0.05) is 13.8 Å². The van der Waals surface area contributed by atoms with E-state index in [0.29, 0.717) is 12.0 Å². The van der Waals surface area contributed by atoms with Gasteiger partial charge in [0.25, 0.3) is 0 Å². The standard InChI is InChI=1S/C17H37N5O/c1-6-18-17(19-8-12-23-11-7-15(2)3)20-13-16-14-21(4)9-10-22(16)5/h15-16H,6-14H2,1-5H3,(H2,18,19,20). The maximum Gasteiger partial charge on any atom is 0.191 e. The molecular formula is C17H37N5O. The van der Waals surface area contributed by atoms with Crippen molar-refractivity contribution in [2.75, 3.05) is 66.6 Å². The smallest absolute Gasteiger partial charge is 0.191 e. The largest absolute Gasteiger partial charge is 0.380 e. The summed E-state index contributed by atoms with van der Waals surface area (Å²) in [5.74, 6) is 1.59. The molecule has 0 bridgehead atoms.